The van der Waals surface area contributed by atoms with Crippen molar-refractivity contribution in [3.63, 3.8) is 0 Å². The molecule has 1 heterocycles. The number of hydrogen-bond donors (Lipinski definition) is 0. The van der Waals surface area contributed by atoms with Crippen LogP contribution in [0.25, 0.3) is 4.85 Å². The molecular weight excluding hydrogens is 378 g/mol. The second-order valence-electron chi connectivity index (χ2n) is 5.91. The van der Waals surface area contributed by atoms with Gasteiger partial charge in [0.2, 0.25) is 5.90 Å². The highest BCUT2D eigenvalue weighted by molar-refractivity contribution is 5.89. The van der Waals surface area contributed by atoms with Crippen LogP contribution in [0.4, 0.5) is 37.7 Å². The van der Waals surface area contributed by atoms with E-state index in [4.69, 9.17) is 11.3 Å². The first-order chi connectivity index (χ1) is 12.4. The van der Waals surface area contributed by atoms with Crippen molar-refractivity contribution >= 4 is 17.3 Å². The van der Waals surface area contributed by atoms with Crippen molar-refractivity contribution in [2.45, 2.75) is 44.2 Å². The van der Waals surface area contributed by atoms with Crippen LogP contribution < -0.4 is 0 Å². The molecule has 11 heteroatoms. The molecule has 1 aliphatic heterocycles. The Morgan fingerprint density at radius 2 is 2.00 bits per heavy atom. The van der Waals surface area contributed by atoms with E-state index in [0.717, 1.165) is 12.1 Å². The summed E-state index contributed by atoms with van der Waals surface area (Å²) in [5, 5.41) is 6.82. The van der Waals surface area contributed by atoms with Crippen LogP contribution in [0.15, 0.2) is 33.4 Å². The smallest absolute Gasteiger partial charge is 0.412 e. The van der Waals surface area contributed by atoms with Crippen molar-refractivity contribution in [3.8, 4) is 0 Å². The molecule has 2 rings (SSSR count). The Hall–Kier alpha value is -2.64. The summed E-state index contributed by atoms with van der Waals surface area (Å²) in [7, 11) is 0. The Morgan fingerprint density at radius 3 is 2.48 bits per heavy atom. The van der Waals surface area contributed by atoms with Crippen LogP contribution in [0.2, 0.25) is 0 Å². The fourth-order valence-corrected chi connectivity index (χ4v) is 2.45. The van der Waals surface area contributed by atoms with Crippen LogP contribution in [0.5, 0.6) is 0 Å². The molecule has 27 heavy (non-hydrogen) atoms. The summed E-state index contributed by atoms with van der Waals surface area (Å²) in [6.45, 7) is 9.71. The monoisotopic (exact) mass is 392 g/mol. The zero-order valence-electron chi connectivity index (χ0n) is 14.2. The second kappa shape index (κ2) is 7.17. The number of halogens is 6. The van der Waals surface area contributed by atoms with Crippen LogP contribution in [-0.4, -0.2) is 30.3 Å². The van der Waals surface area contributed by atoms with Gasteiger partial charge >= 0.3 is 12.4 Å². The van der Waals surface area contributed by atoms with Gasteiger partial charge in [-0.3, -0.25) is 0 Å². The minimum atomic E-state index is -4.78. The van der Waals surface area contributed by atoms with Crippen LogP contribution in [0.1, 0.15) is 25.8 Å². The number of benzene rings is 1. The minimum absolute atomic E-state index is 0.0207. The van der Waals surface area contributed by atoms with E-state index in [0.29, 0.717) is 6.07 Å². The van der Waals surface area contributed by atoms with Gasteiger partial charge in [0.05, 0.1) is 24.4 Å². The molecule has 146 valence electrons. The lowest BCUT2D eigenvalue weighted by atomic mass is 9.95. The lowest BCUT2D eigenvalue weighted by Gasteiger charge is -2.23. The summed E-state index contributed by atoms with van der Waals surface area (Å²) in [4.78, 5) is 6.75. The van der Waals surface area contributed by atoms with E-state index in [9.17, 15) is 26.3 Å². The summed E-state index contributed by atoms with van der Waals surface area (Å²) in [6, 6.07) is 0.694. The van der Waals surface area contributed by atoms with Crippen LogP contribution >= 0.6 is 0 Å². The summed E-state index contributed by atoms with van der Waals surface area (Å²) in [5.74, 6) is -0.274. The molecule has 1 aliphatic rings. The molecule has 0 saturated carbocycles. The van der Waals surface area contributed by atoms with E-state index >= 15 is 0 Å². The van der Waals surface area contributed by atoms with Crippen molar-refractivity contribution in [3.05, 3.63) is 35.2 Å². The van der Waals surface area contributed by atoms with Crippen LogP contribution in [-0.2, 0) is 10.9 Å². The van der Waals surface area contributed by atoms with E-state index in [2.05, 4.69) is 20.1 Å². The fourth-order valence-electron chi connectivity index (χ4n) is 2.45. The normalized spacial score (nSPS) is 23.4. The van der Waals surface area contributed by atoms with Gasteiger partial charge in [-0.2, -0.15) is 36.6 Å². The average molecular weight is 392 g/mol. The van der Waals surface area contributed by atoms with Crippen LogP contribution in [0, 0.1) is 6.57 Å². The Kier molecular flexibility index (Phi) is 5.49. The highest BCUT2D eigenvalue weighted by atomic mass is 19.4. The van der Waals surface area contributed by atoms with Gasteiger partial charge in [0.1, 0.15) is 0 Å². The maximum atomic E-state index is 13.1. The molecule has 2 unspecified atom stereocenters. The van der Waals surface area contributed by atoms with Crippen molar-refractivity contribution in [1.29, 1.82) is 0 Å². The van der Waals surface area contributed by atoms with Gasteiger partial charge in [-0.1, -0.05) is 6.07 Å². The number of hydrogen-bond acceptors (Lipinski definition) is 4. The lowest BCUT2D eigenvalue weighted by Crippen LogP contribution is -2.37. The molecule has 0 spiro atoms. The summed E-state index contributed by atoms with van der Waals surface area (Å²) in [5.41, 5.74) is -3.58. The van der Waals surface area contributed by atoms with Crippen molar-refractivity contribution < 1.29 is 31.1 Å². The predicted molar refractivity (Wildman–Crippen MR) is 84.1 cm³/mol. The van der Waals surface area contributed by atoms with E-state index in [1.54, 1.807) is 6.92 Å². The standard InChI is InChI=1S/C16H14F6N4O/c1-4-27-13(14(2)8-12(25-26-14)16(20,21)22)24-9-5-6-11(23-3)10(7-9)15(17,18)19/h5-7,12H,4,8H2,1-2H3. The van der Waals surface area contributed by atoms with E-state index in [-0.39, 0.29) is 18.2 Å². The first-order valence-corrected chi connectivity index (χ1v) is 7.70. The van der Waals surface area contributed by atoms with Crippen molar-refractivity contribution in [1.82, 2.24) is 0 Å². The van der Waals surface area contributed by atoms with Gasteiger partial charge in [0, 0.05) is 6.42 Å². The largest absolute Gasteiger partial charge is 0.479 e. The first kappa shape index (κ1) is 20.7. The van der Waals surface area contributed by atoms with Gasteiger partial charge < -0.3 is 4.74 Å². The third kappa shape index (κ3) is 4.56. The molecule has 2 atom stereocenters. The topological polar surface area (TPSA) is 50.7 Å². The summed E-state index contributed by atoms with van der Waals surface area (Å²) in [6.07, 6.45) is -9.95. The van der Waals surface area contributed by atoms with Gasteiger partial charge in [0.15, 0.2) is 17.3 Å². The molecule has 0 amide bonds. The van der Waals surface area contributed by atoms with Crippen LogP contribution in [0.3, 0.4) is 0 Å². The third-order valence-corrected chi connectivity index (χ3v) is 3.76. The van der Waals surface area contributed by atoms with Crippen molar-refractivity contribution in [2.24, 2.45) is 15.2 Å². The predicted octanol–water partition coefficient (Wildman–Crippen LogP) is 5.87. The zero-order valence-corrected chi connectivity index (χ0v) is 14.2. The molecule has 0 saturated heterocycles. The van der Waals surface area contributed by atoms with E-state index in [1.807, 2.05) is 0 Å². The number of ether oxygens (including phenoxy) is 1. The summed E-state index contributed by atoms with van der Waals surface area (Å²) >= 11 is 0. The molecule has 0 aliphatic carbocycles. The minimum Gasteiger partial charge on any atom is -0.479 e. The summed E-state index contributed by atoms with van der Waals surface area (Å²) < 4.78 is 83.1. The van der Waals surface area contributed by atoms with Gasteiger partial charge in [-0.15, -0.1) is 0 Å². The fraction of sp³-hybridized carbons (Fsp3) is 0.500. The number of rotatable bonds is 3. The zero-order chi connectivity index (χ0) is 20.5. The number of nitrogens with zero attached hydrogens (tertiary/aromatic N) is 4. The molecule has 1 aromatic carbocycles. The Balaban J connectivity index is 2.45. The third-order valence-electron chi connectivity index (χ3n) is 3.76. The lowest BCUT2D eigenvalue weighted by molar-refractivity contribution is -0.147. The van der Waals surface area contributed by atoms with E-state index in [1.165, 1.54) is 6.92 Å². The highest BCUT2D eigenvalue weighted by Gasteiger charge is 2.51. The van der Waals surface area contributed by atoms with Gasteiger partial charge in [-0.05, 0) is 26.0 Å². The average Bonchev–Trinajstić information content (AvgIpc) is 2.97. The quantitative estimate of drug-likeness (QED) is 0.275. The number of aliphatic imine (C=N–C) groups is 1. The Labute approximate surface area is 150 Å². The maximum absolute atomic E-state index is 13.1. The molecule has 5 nitrogen and oxygen atoms in total. The SMILES string of the molecule is [C-]#[N+]c1ccc(N=C(OCC)C2(C)CC(C(F)(F)F)N=N2)cc1C(F)(F)F. The van der Waals surface area contributed by atoms with Gasteiger partial charge in [0.25, 0.3) is 0 Å². The number of alkyl halides is 6. The molecule has 0 aromatic heterocycles. The molecule has 0 radical (unpaired) electrons. The van der Waals surface area contributed by atoms with E-state index < -0.39 is 41.6 Å². The molecular formula is C16H14F6N4O. The highest BCUT2D eigenvalue weighted by Crippen LogP contribution is 2.40. The number of azo groups is 1. The maximum Gasteiger partial charge on any atom is 0.412 e. The molecule has 1 aromatic rings. The first-order valence-electron chi connectivity index (χ1n) is 7.70. The Morgan fingerprint density at radius 1 is 1.33 bits per heavy atom. The Bertz CT molecular complexity index is 809. The second-order valence-corrected chi connectivity index (χ2v) is 5.91. The molecule has 0 bridgehead atoms. The van der Waals surface area contributed by atoms with Crippen molar-refractivity contribution in [2.75, 3.05) is 6.61 Å². The molecule has 0 N–H and O–H groups in total. The van der Waals surface area contributed by atoms with Gasteiger partial charge in [-0.25, -0.2) is 9.84 Å². The molecule has 0 fully saturated rings.